The van der Waals surface area contributed by atoms with Crippen molar-refractivity contribution in [1.82, 2.24) is 4.90 Å². The highest BCUT2D eigenvalue weighted by Crippen LogP contribution is 2.31. The fraction of sp³-hybridized carbons (Fsp3) is 0.571. The Morgan fingerprint density at radius 1 is 0.594 bits per heavy atom. The second kappa shape index (κ2) is 26.4. The lowest BCUT2D eigenvalue weighted by Crippen LogP contribution is -2.41. The van der Waals surface area contributed by atoms with Gasteiger partial charge in [-0.1, -0.05) is 61.5 Å². The molecule has 2 amide bonds. The second-order valence-corrected chi connectivity index (χ2v) is 21.1. The van der Waals surface area contributed by atoms with Crippen LogP contribution >= 0.6 is 0 Å². The van der Waals surface area contributed by atoms with E-state index >= 15 is 0 Å². The number of cyclic esters (lactones) is 1. The van der Waals surface area contributed by atoms with Crippen molar-refractivity contribution >= 4 is 35.9 Å². The van der Waals surface area contributed by atoms with Crippen LogP contribution in [0.3, 0.4) is 0 Å². The molecule has 3 aromatic carbocycles. The number of hydrogen-bond acceptors (Lipinski definition) is 11. The average Bonchev–Trinajstić information content (AvgIpc) is 3.60. The number of rotatable bonds is 16. The molecule has 1 aliphatic rings. The minimum absolute atomic E-state index is 0.0122. The van der Waals surface area contributed by atoms with Gasteiger partial charge in [-0.25, -0.2) is 9.69 Å². The largest absolute Gasteiger partial charge is 0.481 e. The topological polar surface area (TPSA) is 183 Å². The van der Waals surface area contributed by atoms with Gasteiger partial charge in [0.15, 0.2) is 0 Å². The van der Waals surface area contributed by atoms with Crippen molar-refractivity contribution in [3.05, 3.63) is 105 Å². The number of carbonyl (C=O) groups is 6. The summed E-state index contributed by atoms with van der Waals surface area (Å²) in [5.74, 6) is -3.46. The van der Waals surface area contributed by atoms with Crippen molar-refractivity contribution in [1.29, 1.82) is 0 Å². The van der Waals surface area contributed by atoms with E-state index in [1.54, 1.807) is 20.8 Å². The second-order valence-electron chi connectivity index (χ2n) is 21.1. The number of aliphatic carboxylic acids is 1. The zero-order valence-corrected chi connectivity index (χ0v) is 44.3. The Hall–Kier alpha value is -5.56. The molecule has 0 aromatic heterocycles. The van der Waals surface area contributed by atoms with Crippen LogP contribution in [0.25, 0.3) is 0 Å². The van der Waals surface area contributed by atoms with Crippen molar-refractivity contribution in [2.24, 2.45) is 0 Å². The molecule has 0 unspecified atom stereocenters. The third-order valence-electron chi connectivity index (χ3n) is 11.6. The molecule has 0 radical (unpaired) electrons. The van der Waals surface area contributed by atoms with E-state index in [9.17, 15) is 39.0 Å². The summed E-state index contributed by atoms with van der Waals surface area (Å²) in [6.45, 7) is 30.6. The van der Waals surface area contributed by atoms with Gasteiger partial charge in [-0.3, -0.25) is 24.0 Å². The molecular weight excluding hydrogens is 879 g/mol. The summed E-state index contributed by atoms with van der Waals surface area (Å²) >= 11 is 0. The van der Waals surface area contributed by atoms with Gasteiger partial charge in [-0.15, -0.1) is 0 Å². The molecule has 13 nitrogen and oxygen atoms in total. The first-order chi connectivity index (χ1) is 31.9. The van der Waals surface area contributed by atoms with Crippen LogP contribution in [-0.2, 0) is 42.9 Å². The summed E-state index contributed by atoms with van der Waals surface area (Å²) in [6, 6.07) is 17.3. The first kappa shape index (κ1) is 59.6. The molecule has 382 valence electrons. The summed E-state index contributed by atoms with van der Waals surface area (Å²) in [7, 11) is 0. The summed E-state index contributed by atoms with van der Waals surface area (Å²) in [5, 5.41) is 18.9. The Bertz CT molecular complexity index is 2220. The Morgan fingerprint density at radius 2 is 0.957 bits per heavy atom. The van der Waals surface area contributed by atoms with Crippen LogP contribution < -0.4 is 0 Å². The third kappa shape index (κ3) is 20.9. The van der Waals surface area contributed by atoms with Gasteiger partial charge in [-0.2, -0.15) is 0 Å². The SMILES string of the molecule is CC[C@H]1COC(=O)N1C(=O)[C@@H](CCC(=O)OC(C)(C)C)c1ccc(C)c(C)c1.Cc1ccc([C@@H](CO)CCC(=O)OC(C)(C)C)cc1C.Cc1ccc([C@H](CCC(=O)OC(C)(C)C)C(=O)O)cc1C. The monoisotopic (exact) mass is 960 g/mol. The van der Waals surface area contributed by atoms with E-state index in [0.29, 0.717) is 19.3 Å². The standard InChI is InChI=1S/C22H31NO5.C17H24O4.C17H26O3/c1-7-17-13-27-21(26)23(17)20(25)18(10-11-19(24)28-22(4,5)6)16-9-8-14(2)15(3)12-16;1-11-6-7-13(10-12(11)2)14(16(19)20)8-9-15(18)21-17(3,4)5;1-12-6-7-14(10-13(12)2)15(11-18)8-9-16(19)20-17(3,4)5/h8-9,12,17-18H,7,10-11,13H2,1-6H3;6-7,10,14H,8-9H2,1-5H3,(H,19,20);6-7,10,15,18H,8-9,11H2,1-5H3/t17-,18-;14-;15-/m001/s1. The molecule has 4 rings (SSSR count). The van der Waals surface area contributed by atoms with Crippen LogP contribution in [0.2, 0.25) is 0 Å². The minimum Gasteiger partial charge on any atom is -0.481 e. The fourth-order valence-electron chi connectivity index (χ4n) is 7.40. The van der Waals surface area contributed by atoms with Crippen LogP contribution in [0.15, 0.2) is 54.6 Å². The van der Waals surface area contributed by atoms with E-state index in [4.69, 9.17) is 18.9 Å². The normalized spacial score (nSPS) is 15.0. The van der Waals surface area contributed by atoms with Gasteiger partial charge >= 0.3 is 30.0 Å². The van der Waals surface area contributed by atoms with Gasteiger partial charge in [0.25, 0.3) is 0 Å². The third-order valence-corrected chi connectivity index (χ3v) is 11.6. The molecule has 13 heteroatoms. The van der Waals surface area contributed by atoms with E-state index < -0.39 is 40.7 Å². The molecule has 2 N–H and O–H groups in total. The highest BCUT2D eigenvalue weighted by Gasteiger charge is 2.40. The highest BCUT2D eigenvalue weighted by atomic mass is 16.6. The van der Waals surface area contributed by atoms with Crippen molar-refractivity contribution in [2.75, 3.05) is 13.2 Å². The molecule has 1 fully saturated rings. The lowest BCUT2D eigenvalue weighted by molar-refractivity contribution is -0.156. The predicted octanol–water partition coefficient (Wildman–Crippen LogP) is 11.4. The summed E-state index contributed by atoms with van der Waals surface area (Å²) in [4.78, 5) is 73.8. The predicted molar refractivity (Wildman–Crippen MR) is 268 cm³/mol. The maximum Gasteiger partial charge on any atom is 0.416 e. The van der Waals surface area contributed by atoms with Crippen molar-refractivity contribution in [3.63, 3.8) is 0 Å². The number of benzene rings is 3. The molecule has 69 heavy (non-hydrogen) atoms. The number of esters is 3. The molecule has 1 heterocycles. The number of aliphatic hydroxyl groups excluding tert-OH is 1. The van der Waals surface area contributed by atoms with E-state index in [1.165, 1.54) is 16.0 Å². The molecular formula is C56H81NO12. The van der Waals surface area contributed by atoms with Crippen molar-refractivity contribution < 1.29 is 57.9 Å². The zero-order valence-electron chi connectivity index (χ0n) is 44.3. The Kier molecular flexibility index (Phi) is 22.8. The van der Waals surface area contributed by atoms with Crippen LogP contribution in [0, 0.1) is 41.5 Å². The smallest absolute Gasteiger partial charge is 0.416 e. The van der Waals surface area contributed by atoms with Crippen molar-refractivity contribution in [2.45, 2.75) is 196 Å². The molecule has 1 aliphatic heterocycles. The Morgan fingerprint density at radius 3 is 1.32 bits per heavy atom. The summed E-state index contributed by atoms with van der Waals surface area (Å²) in [6.07, 6.45) is 1.67. The highest BCUT2D eigenvalue weighted by molar-refractivity contribution is 5.97. The number of hydrogen-bond donors (Lipinski definition) is 2. The Labute approximate surface area is 411 Å². The number of aryl methyl sites for hydroxylation is 6. The fourth-order valence-corrected chi connectivity index (χ4v) is 7.40. The maximum absolute atomic E-state index is 13.3. The lowest BCUT2D eigenvalue weighted by Gasteiger charge is -2.25. The summed E-state index contributed by atoms with van der Waals surface area (Å²) in [5.41, 5.74) is 7.82. The van der Waals surface area contributed by atoms with Gasteiger partial charge in [0, 0.05) is 31.8 Å². The number of carboxylic acid groups (broad SMARTS) is 1. The molecule has 1 saturated heterocycles. The van der Waals surface area contributed by atoms with Crippen LogP contribution in [0.1, 0.15) is 182 Å². The van der Waals surface area contributed by atoms with E-state index in [0.717, 1.165) is 38.9 Å². The van der Waals surface area contributed by atoms with Gasteiger partial charge in [0.1, 0.15) is 23.4 Å². The van der Waals surface area contributed by atoms with Crippen LogP contribution in [0.5, 0.6) is 0 Å². The molecule has 0 aliphatic carbocycles. The first-order valence-electron chi connectivity index (χ1n) is 24.1. The summed E-state index contributed by atoms with van der Waals surface area (Å²) < 4.78 is 21.0. The Balaban J connectivity index is 0.000000362. The van der Waals surface area contributed by atoms with Gasteiger partial charge in [0.05, 0.1) is 17.9 Å². The lowest BCUT2D eigenvalue weighted by atomic mass is 9.90. The maximum atomic E-state index is 13.3. The van der Waals surface area contributed by atoms with E-state index in [1.807, 2.05) is 119 Å². The molecule has 3 aromatic rings. The number of ether oxygens (including phenoxy) is 4. The first-order valence-corrected chi connectivity index (χ1v) is 24.1. The number of nitrogens with zero attached hydrogens (tertiary/aromatic N) is 1. The van der Waals surface area contributed by atoms with Crippen LogP contribution in [0.4, 0.5) is 4.79 Å². The van der Waals surface area contributed by atoms with E-state index in [-0.39, 0.29) is 74.7 Å². The van der Waals surface area contributed by atoms with E-state index in [2.05, 4.69) is 26.0 Å². The molecule has 4 atom stereocenters. The van der Waals surface area contributed by atoms with Gasteiger partial charge in [-0.05, 0) is 180 Å². The van der Waals surface area contributed by atoms with Crippen LogP contribution in [-0.4, -0.2) is 87.0 Å². The quantitative estimate of drug-likeness (QED) is 0.102. The number of carbonyl (C=O) groups excluding carboxylic acids is 5. The molecule has 0 spiro atoms. The van der Waals surface area contributed by atoms with Gasteiger partial charge < -0.3 is 29.2 Å². The van der Waals surface area contributed by atoms with Crippen molar-refractivity contribution in [3.8, 4) is 0 Å². The molecule has 0 saturated carbocycles. The number of amides is 2. The zero-order chi connectivity index (χ0) is 52.6. The molecule has 0 bridgehead atoms. The minimum atomic E-state index is -0.915. The number of imide groups is 1. The van der Waals surface area contributed by atoms with Gasteiger partial charge in [0.2, 0.25) is 5.91 Å². The number of carboxylic acids is 1. The number of aliphatic hydroxyl groups is 1. The average molecular weight is 960 g/mol.